The molecule has 0 aliphatic carbocycles. The summed E-state index contributed by atoms with van der Waals surface area (Å²) in [6.07, 6.45) is -4.50. The highest BCUT2D eigenvalue weighted by Gasteiger charge is 2.39. The fourth-order valence-electron chi connectivity index (χ4n) is 2.88. The Morgan fingerprint density at radius 3 is 2.76 bits per heavy atom. The van der Waals surface area contributed by atoms with E-state index in [2.05, 4.69) is 9.68 Å². The van der Waals surface area contributed by atoms with Gasteiger partial charge in [-0.15, -0.1) is 11.3 Å². The van der Waals surface area contributed by atoms with Gasteiger partial charge in [0.2, 0.25) is 5.76 Å². The van der Waals surface area contributed by atoms with Crippen molar-refractivity contribution in [2.45, 2.75) is 32.5 Å². The smallest absolute Gasteiger partial charge is 0.393 e. The Kier molecular flexibility index (Phi) is 4.63. The molecule has 25 heavy (non-hydrogen) atoms. The van der Waals surface area contributed by atoms with E-state index in [1.54, 1.807) is 17.0 Å². The monoisotopic (exact) mass is 374 g/mol. The van der Waals surface area contributed by atoms with Crippen molar-refractivity contribution in [3.05, 3.63) is 28.3 Å². The molecule has 9 heteroatoms. The van der Waals surface area contributed by atoms with Gasteiger partial charge in [0.15, 0.2) is 0 Å². The third kappa shape index (κ3) is 3.43. The fourth-order valence-corrected chi connectivity index (χ4v) is 3.90. The lowest BCUT2D eigenvalue weighted by molar-refractivity contribution is -0.156. The fraction of sp³-hybridized carbons (Fsp3) is 0.500. The van der Waals surface area contributed by atoms with Gasteiger partial charge < -0.3 is 14.5 Å². The maximum absolute atomic E-state index is 12.8. The van der Waals surface area contributed by atoms with Crippen LogP contribution >= 0.6 is 11.3 Å². The van der Waals surface area contributed by atoms with Crippen LogP contribution in [-0.4, -0.2) is 40.3 Å². The molecule has 136 valence electrons. The van der Waals surface area contributed by atoms with Gasteiger partial charge in [0.25, 0.3) is 5.91 Å². The number of nitrogens with zero attached hydrogens (tertiary/aromatic N) is 2. The van der Waals surface area contributed by atoms with Gasteiger partial charge in [0.05, 0.1) is 15.9 Å². The summed E-state index contributed by atoms with van der Waals surface area (Å²) in [6.45, 7) is 4.08. The maximum atomic E-state index is 12.8. The first-order valence-corrected chi connectivity index (χ1v) is 8.61. The molecule has 3 heterocycles. The van der Waals surface area contributed by atoms with Gasteiger partial charge in [0.1, 0.15) is 5.69 Å². The summed E-state index contributed by atoms with van der Waals surface area (Å²) >= 11 is 1.08. The number of likely N-dealkylation sites (tertiary alicyclic amines) is 1. The molecule has 0 radical (unpaired) electrons. The van der Waals surface area contributed by atoms with Crippen LogP contribution in [0.25, 0.3) is 10.6 Å². The highest BCUT2D eigenvalue weighted by atomic mass is 32.1. The molecule has 0 aromatic carbocycles. The Morgan fingerprint density at radius 1 is 1.44 bits per heavy atom. The first-order valence-electron chi connectivity index (χ1n) is 7.79. The lowest BCUT2D eigenvalue weighted by Gasteiger charge is -2.34. The molecule has 3 rings (SSSR count). The summed E-state index contributed by atoms with van der Waals surface area (Å²) in [5.41, 5.74) is 0.00174. The molecule has 1 fully saturated rings. The standard InChI is InChI=1S/C16H17F3N2O3S/c1-8-7-21(6-5-10(8)22)15(23)12-4-3-11(25-12)13-9(2)14(24-20-13)16(17,18)19/h3-4,8,10,22H,5-7H2,1-2H3/t8-,10+/m1/s1. The van der Waals surface area contributed by atoms with Crippen molar-refractivity contribution in [1.29, 1.82) is 0 Å². The molecule has 1 aliphatic rings. The van der Waals surface area contributed by atoms with Crippen LogP contribution in [0.15, 0.2) is 16.7 Å². The van der Waals surface area contributed by atoms with Gasteiger partial charge in [-0.2, -0.15) is 13.2 Å². The number of aliphatic hydroxyl groups excluding tert-OH is 1. The lowest BCUT2D eigenvalue weighted by atomic mass is 9.97. The van der Waals surface area contributed by atoms with E-state index in [9.17, 15) is 23.1 Å². The van der Waals surface area contributed by atoms with E-state index in [0.717, 1.165) is 11.3 Å². The number of hydrogen-bond donors (Lipinski definition) is 1. The van der Waals surface area contributed by atoms with Crippen molar-refractivity contribution in [2.75, 3.05) is 13.1 Å². The van der Waals surface area contributed by atoms with E-state index in [1.807, 2.05) is 6.92 Å². The van der Waals surface area contributed by atoms with Crippen LogP contribution in [0.4, 0.5) is 13.2 Å². The zero-order valence-corrected chi connectivity index (χ0v) is 14.4. The van der Waals surface area contributed by atoms with Crippen molar-refractivity contribution in [1.82, 2.24) is 10.1 Å². The molecule has 1 aliphatic heterocycles. The number of carbonyl (C=O) groups is 1. The number of carbonyl (C=O) groups excluding carboxylic acids is 1. The van der Waals surface area contributed by atoms with Crippen LogP contribution in [0.5, 0.6) is 0 Å². The van der Waals surface area contributed by atoms with Crippen LogP contribution in [-0.2, 0) is 6.18 Å². The molecule has 0 bridgehead atoms. The number of amides is 1. The quantitative estimate of drug-likeness (QED) is 0.873. The molecule has 2 atom stereocenters. The van der Waals surface area contributed by atoms with Crippen molar-refractivity contribution in [3.63, 3.8) is 0 Å². The number of hydrogen-bond acceptors (Lipinski definition) is 5. The summed E-state index contributed by atoms with van der Waals surface area (Å²) < 4.78 is 42.9. The minimum absolute atomic E-state index is 0.00994. The molecule has 5 nitrogen and oxygen atoms in total. The Morgan fingerprint density at radius 2 is 2.16 bits per heavy atom. The van der Waals surface area contributed by atoms with Crippen LogP contribution in [0.2, 0.25) is 0 Å². The van der Waals surface area contributed by atoms with Gasteiger partial charge in [-0.3, -0.25) is 4.79 Å². The molecule has 1 amide bonds. The van der Waals surface area contributed by atoms with E-state index in [-0.39, 0.29) is 23.1 Å². The van der Waals surface area contributed by atoms with Crippen LogP contribution in [0.3, 0.4) is 0 Å². The van der Waals surface area contributed by atoms with E-state index >= 15 is 0 Å². The Labute approximate surface area is 146 Å². The molecule has 1 saturated heterocycles. The third-order valence-corrected chi connectivity index (χ3v) is 5.46. The van der Waals surface area contributed by atoms with Crippen LogP contribution in [0, 0.1) is 12.8 Å². The van der Waals surface area contributed by atoms with Crippen molar-refractivity contribution >= 4 is 17.2 Å². The molecule has 0 saturated carbocycles. The number of thiophene rings is 1. The third-order valence-electron chi connectivity index (χ3n) is 4.38. The molecular weight excluding hydrogens is 357 g/mol. The Hall–Kier alpha value is -1.87. The number of aliphatic hydroxyl groups is 1. The SMILES string of the molecule is Cc1c(-c2ccc(C(=O)N3CC[C@H](O)[C@H](C)C3)s2)noc1C(F)(F)F. The second-order valence-corrected chi connectivity index (χ2v) is 7.32. The molecule has 0 unspecified atom stereocenters. The Bertz CT molecular complexity index is 784. The lowest BCUT2D eigenvalue weighted by Crippen LogP contribution is -2.44. The molecule has 2 aromatic heterocycles. The highest BCUT2D eigenvalue weighted by Crippen LogP contribution is 2.38. The van der Waals surface area contributed by atoms with Gasteiger partial charge in [0, 0.05) is 18.7 Å². The summed E-state index contributed by atoms with van der Waals surface area (Å²) in [5, 5.41) is 13.3. The molecule has 1 N–H and O–H groups in total. The van der Waals surface area contributed by atoms with Crippen molar-refractivity contribution < 1.29 is 27.6 Å². The Balaban J connectivity index is 1.81. The summed E-state index contributed by atoms with van der Waals surface area (Å²) in [7, 11) is 0. The molecular formula is C16H17F3N2O3S. The predicted molar refractivity (Wildman–Crippen MR) is 85.2 cm³/mol. The first-order chi connectivity index (χ1) is 11.7. The number of aromatic nitrogens is 1. The molecule has 0 spiro atoms. The predicted octanol–water partition coefficient (Wildman–Crippen LogP) is 3.57. The normalized spacial score (nSPS) is 21.6. The van der Waals surface area contributed by atoms with E-state index in [0.29, 0.717) is 29.3 Å². The summed E-state index contributed by atoms with van der Waals surface area (Å²) in [6, 6.07) is 3.16. The topological polar surface area (TPSA) is 66.6 Å². The van der Waals surface area contributed by atoms with Gasteiger partial charge >= 0.3 is 6.18 Å². The number of alkyl halides is 3. The second kappa shape index (κ2) is 6.45. The van der Waals surface area contributed by atoms with Crippen LogP contribution in [0.1, 0.15) is 34.3 Å². The largest absolute Gasteiger partial charge is 0.452 e. The number of piperidine rings is 1. The second-order valence-electron chi connectivity index (χ2n) is 6.23. The molecule has 2 aromatic rings. The van der Waals surface area contributed by atoms with Gasteiger partial charge in [-0.25, -0.2) is 0 Å². The maximum Gasteiger partial charge on any atom is 0.452 e. The van der Waals surface area contributed by atoms with E-state index in [4.69, 9.17) is 0 Å². The highest BCUT2D eigenvalue weighted by molar-refractivity contribution is 7.17. The summed E-state index contributed by atoms with van der Waals surface area (Å²) in [4.78, 5) is 15.1. The van der Waals surface area contributed by atoms with Gasteiger partial charge in [-0.05, 0) is 31.4 Å². The van der Waals surface area contributed by atoms with Crippen molar-refractivity contribution in [2.24, 2.45) is 5.92 Å². The first kappa shape index (κ1) is 17.9. The summed E-state index contributed by atoms with van der Waals surface area (Å²) in [5.74, 6) is -1.32. The number of rotatable bonds is 2. The zero-order valence-electron chi connectivity index (χ0n) is 13.6. The van der Waals surface area contributed by atoms with E-state index < -0.39 is 18.0 Å². The van der Waals surface area contributed by atoms with Crippen LogP contribution < -0.4 is 0 Å². The minimum atomic E-state index is -4.60. The number of halogens is 3. The van der Waals surface area contributed by atoms with Gasteiger partial charge in [-0.1, -0.05) is 12.1 Å². The van der Waals surface area contributed by atoms with E-state index in [1.165, 1.54) is 6.92 Å². The minimum Gasteiger partial charge on any atom is -0.393 e. The van der Waals surface area contributed by atoms with Crippen molar-refractivity contribution in [3.8, 4) is 10.6 Å². The average molecular weight is 374 g/mol. The average Bonchev–Trinajstić information content (AvgIpc) is 3.15. The zero-order chi connectivity index (χ0) is 18.4.